The van der Waals surface area contributed by atoms with E-state index in [9.17, 15) is 4.79 Å². The van der Waals surface area contributed by atoms with E-state index < -0.39 is 0 Å². The molecule has 0 saturated heterocycles. The molecule has 0 rings (SSSR count). The minimum absolute atomic E-state index is 0.0236. The molecule has 2 nitrogen and oxygen atoms in total. The van der Waals surface area contributed by atoms with Crippen molar-refractivity contribution in [2.24, 2.45) is 5.41 Å². The highest BCUT2D eigenvalue weighted by Crippen LogP contribution is 2.20. The summed E-state index contributed by atoms with van der Waals surface area (Å²) in [6.45, 7) is 9.52. The van der Waals surface area contributed by atoms with Crippen LogP contribution in [0.1, 0.15) is 111 Å². The first kappa shape index (κ1) is 24.8. The van der Waals surface area contributed by atoms with Crippen LogP contribution in [0.15, 0.2) is 0 Å². The molecule has 0 radical (unpaired) electrons. The molecule has 25 heavy (non-hydrogen) atoms. The molecule has 0 aromatic carbocycles. The van der Waals surface area contributed by atoms with E-state index in [1.165, 1.54) is 70.0 Å². The van der Waals surface area contributed by atoms with Gasteiger partial charge in [-0.2, -0.15) is 11.8 Å². The number of hydrogen-bond acceptors (Lipinski definition) is 3. The predicted octanol–water partition coefficient (Wildman–Crippen LogP) is 7.40. The van der Waals surface area contributed by atoms with Gasteiger partial charge >= 0.3 is 5.97 Å². The number of hydrogen-bond donors (Lipinski definition) is 0. The van der Waals surface area contributed by atoms with Crippen molar-refractivity contribution >= 4 is 17.7 Å². The molecule has 0 saturated carbocycles. The third kappa shape index (κ3) is 21.8. The molecule has 0 heterocycles. The highest BCUT2D eigenvalue weighted by Gasteiger charge is 2.10. The van der Waals surface area contributed by atoms with Gasteiger partial charge in [-0.05, 0) is 30.4 Å². The Morgan fingerprint density at radius 2 is 1.36 bits per heavy atom. The van der Waals surface area contributed by atoms with E-state index in [2.05, 4.69) is 27.7 Å². The van der Waals surface area contributed by atoms with Gasteiger partial charge in [-0.25, -0.2) is 0 Å². The van der Waals surface area contributed by atoms with E-state index in [0.29, 0.717) is 18.4 Å². The Kier molecular flexibility index (Phi) is 17.1. The third-order valence-corrected chi connectivity index (χ3v) is 5.50. The summed E-state index contributed by atoms with van der Waals surface area (Å²) in [5, 5.41) is 0. The van der Waals surface area contributed by atoms with Crippen LogP contribution < -0.4 is 0 Å². The van der Waals surface area contributed by atoms with Crippen molar-refractivity contribution in [3.63, 3.8) is 0 Å². The Hall–Kier alpha value is -0.180. The first-order chi connectivity index (χ1) is 12.0. The number of esters is 1. The molecule has 0 aromatic heterocycles. The molecule has 3 heteroatoms. The van der Waals surface area contributed by atoms with Crippen molar-refractivity contribution in [2.45, 2.75) is 111 Å². The van der Waals surface area contributed by atoms with Gasteiger partial charge in [0, 0.05) is 5.75 Å². The lowest BCUT2D eigenvalue weighted by Gasteiger charge is -2.17. The maximum absolute atomic E-state index is 11.6. The zero-order chi connectivity index (χ0) is 18.8. The molecule has 0 bridgehead atoms. The molecule has 0 spiro atoms. The van der Waals surface area contributed by atoms with E-state index in [4.69, 9.17) is 4.74 Å². The largest absolute Gasteiger partial charge is 0.466 e. The van der Waals surface area contributed by atoms with Crippen LogP contribution >= 0.6 is 11.8 Å². The number of rotatable bonds is 17. The molecule has 0 atom stereocenters. The van der Waals surface area contributed by atoms with Crippen LogP contribution in [0.2, 0.25) is 0 Å². The van der Waals surface area contributed by atoms with Crippen molar-refractivity contribution < 1.29 is 9.53 Å². The van der Waals surface area contributed by atoms with Crippen LogP contribution in [-0.4, -0.2) is 24.1 Å². The van der Waals surface area contributed by atoms with Gasteiger partial charge in [0.25, 0.3) is 0 Å². The Morgan fingerprint density at radius 3 is 1.92 bits per heavy atom. The lowest BCUT2D eigenvalue weighted by Crippen LogP contribution is -2.10. The van der Waals surface area contributed by atoms with Gasteiger partial charge in [-0.1, -0.05) is 85.5 Å². The summed E-state index contributed by atoms with van der Waals surface area (Å²) in [6.07, 6.45) is 16.5. The fourth-order valence-electron chi connectivity index (χ4n) is 2.81. The maximum atomic E-state index is 11.6. The second kappa shape index (κ2) is 17.2. The fraction of sp³-hybridized carbons (Fsp3) is 0.955. The number of carbonyl (C=O) groups is 1. The highest BCUT2D eigenvalue weighted by atomic mass is 32.2. The first-order valence-corrected chi connectivity index (χ1v) is 11.8. The molecule has 0 aliphatic carbocycles. The number of carbonyl (C=O) groups excluding carboxylic acids is 1. The lowest BCUT2D eigenvalue weighted by atomic mass is 9.91. The van der Waals surface area contributed by atoms with E-state index in [-0.39, 0.29) is 5.97 Å². The predicted molar refractivity (Wildman–Crippen MR) is 113 cm³/mol. The number of thioether (sulfide) groups is 1. The normalized spacial score (nSPS) is 11.7. The average Bonchev–Trinajstić information content (AvgIpc) is 2.55. The van der Waals surface area contributed by atoms with Crippen molar-refractivity contribution in [3.05, 3.63) is 0 Å². The fourth-order valence-corrected chi connectivity index (χ4v) is 3.73. The summed E-state index contributed by atoms with van der Waals surface area (Å²) < 4.78 is 5.29. The minimum atomic E-state index is -0.0236. The highest BCUT2D eigenvalue weighted by molar-refractivity contribution is 7.99. The summed E-state index contributed by atoms with van der Waals surface area (Å²) >= 11 is 1.90. The third-order valence-electron chi connectivity index (χ3n) is 4.43. The second-order valence-electron chi connectivity index (χ2n) is 8.43. The molecular weight excluding hydrogens is 328 g/mol. The Morgan fingerprint density at radius 1 is 0.800 bits per heavy atom. The molecule has 150 valence electrons. The van der Waals surface area contributed by atoms with E-state index in [1.54, 1.807) is 0 Å². The summed E-state index contributed by atoms with van der Waals surface area (Å²) in [5.41, 5.74) is 0.331. The summed E-state index contributed by atoms with van der Waals surface area (Å²) in [7, 11) is 0. The number of unbranched alkanes of at least 4 members (excludes halogenated alkanes) is 9. The van der Waals surface area contributed by atoms with Gasteiger partial charge in [0.1, 0.15) is 0 Å². The monoisotopic (exact) mass is 372 g/mol. The molecule has 0 unspecified atom stereocenters. The van der Waals surface area contributed by atoms with Gasteiger partial charge in [-0.15, -0.1) is 0 Å². The smallest absolute Gasteiger partial charge is 0.306 e. The zero-order valence-electron chi connectivity index (χ0n) is 17.5. The van der Waals surface area contributed by atoms with Crippen molar-refractivity contribution in [3.8, 4) is 0 Å². The van der Waals surface area contributed by atoms with Crippen molar-refractivity contribution in [1.82, 2.24) is 0 Å². The molecule has 0 amide bonds. The van der Waals surface area contributed by atoms with Crippen LogP contribution in [0.25, 0.3) is 0 Å². The second-order valence-corrected chi connectivity index (χ2v) is 9.65. The number of ether oxygens (including phenoxy) is 1. The van der Waals surface area contributed by atoms with E-state index >= 15 is 0 Å². The van der Waals surface area contributed by atoms with Crippen LogP contribution in [0.4, 0.5) is 0 Å². The molecule has 0 fully saturated rings. The van der Waals surface area contributed by atoms with Gasteiger partial charge in [0.2, 0.25) is 0 Å². The van der Waals surface area contributed by atoms with Gasteiger partial charge < -0.3 is 4.74 Å². The van der Waals surface area contributed by atoms with E-state index in [1.807, 2.05) is 11.8 Å². The summed E-state index contributed by atoms with van der Waals surface area (Å²) in [5.74, 6) is 2.08. The zero-order valence-corrected chi connectivity index (χ0v) is 18.4. The molecule has 0 N–H and O–H groups in total. The standard InChI is InChI=1S/C22H44O2S/c1-5-6-7-8-9-10-11-12-13-14-19-25-20-16-21(23)24-18-15-17-22(2,3)4/h5-20H2,1-4H3. The van der Waals surface area contributed by atoms with Gasteiger partial charge in [0.15, 0.2) is 0 Å². The molecular formula is C22H44O2S. The van der Waals surface area contributed by atoms with Crippen molar-refractivity contribution in [2.75, 3.05) is 18.1 Å². The van der Waals surface area contributed by atoms with Crippen LogP contribution in [0, 0.1) is 5.41 Å². The van der Waals surface area contributed by atoms with Gasteiger partial charge in [0.05, 0.1) is 13.0 Å². The molecule has 0 aliphatic heterocycles. The quantitative estimate of drug-likeness (QED) is 0.196. The minimum Gasteiger partial charge on any atom is -0.466 e. The van der Waals surface area contributed by atoms with E-state index in [0.717, 1.165) is 18.6 Å². The van der Waals surface area contributed by atoms with Crippen LogP contribution in [0.5, 0.6) is 0 Å². The SMILES string of the molecule is CCCCCCCCCCCCSCCC(=O)OCCCC(C)(C)C. The molecule has 0 aliphatic rings. The Balaban J connectivity index is 3.18. The maximum Gasteiger partial charge on any atom is 0.306 e. The lowest BCUT2D eigenvalue weighted by molar-refractivity contribution is -0.143. The van der Waals surface area contributed by atoms with Crippen molar-refractivity contribution in [1.29, 1.82) is 0 Å². The summed E-state index contributed by atoms with van der Waals surface area (Å²) in [6, 6.07) is 0. The first-order valence-electron chi connectivity index (χ1n) is 10.7. The van der Waals surface area contributed by atoms with Gasteiger partial charge in [-0.3, -0.25) is 4.79 Å². The van der Waals surface area contributed by atoms with Crippen LogP contribution in [0.3, 0.4) is 0 Å². The Bertz CT molecular complexity index is 297. The Labute approximate surface area is 162 Å². The average molecular weight is 373 g/mol. The summed E-state index contributed by atoms with van der Waals surface area (Å²) in [4.78, 5) is 11.6. The van der Waals surface area contributed by atoms with Crippen LogP contribution in [-0.2, 0) is 9.53 Å². The molecule has 0 aromatic rings. The topological polar surface area (TPSA) is 26.3 Å².